The Morgan fingerprint density at radius 2 is 2.05 bits per heavy atom. The van der Waals surface area contributed by atoms with Crippen LogP contribution in [0.3, 0.4) is 0 Å². The quantitative estimate of drug-likeness (QED) is 0.628. The lowest BCUT2D eigenvalue weighted by molar-refractivity contribution is -0.384. The molecule has 1 heterocycles. The summed E-state index contributed by atoms with van der Waals surface area (Å²) in [6, 6.07) is 4.22. The molecule has 0 bridgehead atoms. The van der Waals surface area contributed by atoms with Crippen molar-refractivity contribution in [1.29, 1.82) is 0 Å². The highest BCUT2D eigenvalue weighted by Gasteiger charge is 2.31. The molecule has 0 radical (unpaired) electrons. The molecule has 1 aromatic carbocycles. The van der Waals surface area contributed by atoms with Crippen molar-refractivity contribution < 1.29 is 9.72 Å². The molecule has 0 spiro atoms. The number of amides is 1. The minimum Gasteiger partial charge on any atom is -0.339 e. The van der Waals surface area contributed by atoms with E-state index in [1.54, 1.807) is 11.0 Å². The van der Waals surface area contributed by atoms with Gasteiger partial charge in [-0.2, -0.15) is 0 Å². The Morgan fingerprint density at radius 3 is 2.57 bits per heavy atom. The van der Waals surface area contributed by atoms with Gasteiger partial charge in [-0.3, -0.25) is 14.9 Å². The number of likely N-dealkylation sites (tertiary alicyclic amines) is 1. The van der Waals surface area contributed by atoms with Gasteiger partial charge in [0.25, 0.3) is 11.6 Å². The van der Waals surface area contributed by atoms with E-state index in [2.05, 4.69) is 13.8 Å². The molecule has 1 aliphatic heterocycles. The van der Waals surface area contributed by atoms with Crippen molar-refractivity contribution in [2.45, 2.75) is 33.1 Å². The fraction of sp³-hybridized carbons (Fsp3) is 0.533. The molecule has 0 unspecified atom stereocenters. The molecular weight excluding hydrogens is 292 g/mol. The van der Waals surface area contributed by atoms with Gasteiger partial charge in [-0.05, 0) is 30.4 Å². The van der Waals surface area contributed by atoms with Gasteiger partial charge in [-0.15, -0.1) is 0 Å². The highest BCUT2D eigenvalue weighted by atomic mass is 35.5. The maximum atomic E-state index is 12.4. The largest absolute Gasteiger partial charge is 0.339 e. The Labute approximate surface area is 129 Å². The third-order valence-corrected chi connectivity index (χ3v) is 4.82. The van der Waals surface area contributed by atoms with Crippen molar-refractivity contribution in [1.82, 2.24) is 4.90 Å². The van der Waals surface area contributed by atoms with Crippen molar-refractivity contribution in [2.75, 3.05) is 13.1 Å². The lowest BCUT2D eigenvalue weighted by Gasteiger charge is -2.38. The Balaban J connectivity index is 2.15. The molecule has 0 saturated carbocycles. The van der Waals surface area contributed by atoms with Gasteiger partial charge in [0.1, 0.15) is 5.02 Å². The topological polar surface area (TPSA) is 63.5 Å². The number of carbonyl (C=O) groups excluding carboxylic acids is 1. The molecule has 6 heteroatoms. The fourth-order valence-corrected chi connectivity index (χ4v) is 2.76. The van der Waals surface area contributed by atoms with E-state index in [-0.39, 0.29) is 16.6 Å². The van der Waals surface area contributed by atoms with Gasteiger partial charge in [-0.25, -0.2) is 0 Å². The Kier molecular flexibility index (Phi) is 4.52. The van der Waals surface area contributed by atoms with Crippen LogP contribution in [0.25, 0.3) is 0 Å². The summed E-state index contributed by atoms with van der Waals surface area (Å²) in [7, 11) is 0. The minimum atomic E-state index is -0.566. The van der Waals surface area contributed by atoms with Crippen LogP contribution in [0.4, 0.5) is 5.69 Å². The third kappa shape index (κ3) is 3.35. The number of nitrogens with zero attached hydrogens (tertiary/aromatic N) is 2. The van der Waals surface area contributed by atoms with Crippen LogP contribution >= 0.6 is 11.6 Å². The van der Waals surface area contributed by atoms with E-state index in [1.807, 2.05) is 0 Å². The number of nitro benzene ring substituents is 1. The van der Waals surface area contributed by atoms with Gasteiger partial charge in [0.15, 0.2) is 0 Å². The van der Waals surface area contributed by atoms with E-state index in [0.29, 0.717) is 24.1 Å². The summed E-state index contributed by atoms with van der Waals surface area (Å²) in [5, 5.41) is 10.9. The first-order valence-corrected chi connectivity index (χ1v) is 7.47. The summed E-state index contributed by atoms with van der Waals surface area (Å²) in [6.45, 7) is 5.79. The molecule has 1 amide bonds. The molecule has 114 valence electrons. The molecule has 0 N–H and O–H groups in total. The van der Waals surface area contributed by atoms with Crippen LogP contribution in [0.5, 0.6) is 0 Å². The first-order valence-electron chi connectivity index (χ1n) is 7.09. The second-order valence-corrected chi connectivity index (χ2v) is 6.29. The molecule has 0 atom stereocenters. The van der Waals surface area contributed by atoms with Gasteiger partial charge in [0, 0.05) is 24.7 Å². The van der Waals surface area contributed by atoms with Crippen molar-refractivity contribution in [3.63, 3.8) is 0 Å². The molecule has 1 aliphatic rings. The smallest absolute Gasteiger partial charge is 0.288 e. The molecule has 21 heavy (non-hydrogen) atoms. The average molecular weight is 311 g/mol. The van der Waals surface area contributed by atoms with E-state index in [1.165, 1.54) is 12.1 Å². The second kappa shape index (κ2) is 6.02. The molecule has 1 aromatic rings. The molecule has 0 aromatic heterocycles. The zero-order valence-electron chi connectivity index (χ0n) is 12.3. The van der Waals surface area contributed by atoms with Crippen LogP contribution in [-0.4, -0.2) is 28.8 Å². The molecule has 5 nitrogen and oxygen atoms in total. The van der Waals surface area contributed by atoms with Crippen LogP contribution in [0.2, 0.25) is 5.02 Å². The van der Waals surface area contributed by atoms with Gasteiger partial charge in [-0.1, -0.05) is 31.9 Å². The van der Waals surface area contributed by atoms with Crippen LogP contribution in [-0.2, 0) is 0 Å². The van der Waals surface area contributed by atoms with Crippen molar-refractivity contribution in [3.8, 4) is 0 Å². The lowest BCUT2D eigenvalue weighted by Crippen LogP contribution is -2.41. The van der Waals surface area contributed by atoms with Crippen LogP contribution in [0, 0.1) is 15.5 Å². The summed E-state index contributed by atoms with van der Waals surface area (Å²) >= 11 is 5.77. The standard InChI is InChI=1S/C15H19ClN2O3/c1-3-15(2)6-8-17(9-7-15)14(19)11-4-5-12(16)13(10-11)18(20)21/h4-5,10H,3,6-9H2,1-2H3. The zero-order valence-corrected chi connectivity index (χ0v) is 13.0. The number of hydrogen-bond donors (Lipinski definition) is 0. The van der Waals surface area contributed by atoms with Crippen molar-refractivity contribution in [2.24, 2.45) is 5.41 Å². The predicted octanol–water partition coefficient (Wildman–Crippen LogP) is 3.90. The normalized spacial score (nSPS) is 17.6. The first-order chi connectivity index (χ1) is 9.86. The summed E-state index contributed by atoms with van der Waals surface area (Å²) in [5.41, 5.74) is 0.395. The summed E-state index contributed by atoms with van der Waals surface area (Å²) in [5.74, 6) is -0.159. The van der Waals surface area contributed by atoms with Crippen LogP contribution in [0.15, 0.2) is 18.2 Å². The number of nitro groups is 1. The first kappa shape index (κ1) is 15.8. The third-order valence-electron chi connectivity index (χ3n) is 4.50. The monoisotopic (exact) mass is 310 g/mol. The second-order valence-electron chi connectivity index (χ2n) is 5.88. The van der Waals surface area contributed by atoms with Crippen LogP contribution < -0.4 is 0 Å². The molecule has 2 rings (SSSR count). The SMILES string of the molecule is CCC1(C)CCN(C(=O)c2ccc(Cl)c([N+](=O)[O-])c2)CC1. The van der Waals surface area contributed by atoms with E-state index in [0.717, 1.165) is 19.3 Å². The van der Waals surface area contributed by atoms with Crippen LogP contribution in [0.1, 0.15) is 43.5 Å². The van der Waals surface area contributed by atoms with Crippen molar-refractivity contribution >= 4 is 23.2 Å². The average Bonchev–Trinajstić information content (AvgIpc) is 2.47. The predicted molar refractivity (Wildman–Crippen MR) is 81.6 cm³/mol. The number of carbonyl (C=O) groups is 1. The van der Waals surface area contributed by atoms with Gasteiger partial charge < -0.3 is 4.90 Å². The number of rotatable bonds is 3. The lowest BCUT2D eigenvalue weighted by atomic mass is 9.78. The maximum absolute atomic E-state index is 12.4. The maximum Gasteiger partial charge on any atom is 0.288 e. The van der Waals surface area contributed by atoms with E-state index in [4.69, 9.17) is 11.6 Å². The Hall–Kier alpha value is -1.62. The Morgan fingerprint density at radius 1 is 1.43 bits per heavy atom. The fourth-order valence-electron chi connectivity index (χ4n) is 2.57. The number of hydrogen-bond acceptors (Lipinski definition) is 3. The molecule has 0 aliphatic carbocycles. The van der Waals surface area contributed by atoms with E-state index < -0.39 is 4.92 Å². The van der Waals surface area contributed by atoms with Gasteiger partial charge >= 0.3 is 0 Å². The summed E-state index contributed by atoms with van der Waals surface area (Å²) in [4.78, 5) is 24.5. The number of piperidine rings is 1. The molecule has 1 fully saturated rings. The minimum absolute atomic E-state index is 0.0498. The summed E-state index contributed by atoms with van der Waals surface area (Å²) in [6.07, 6.45) is 3.03. The van der Waals surface area contributed by atoms with Gasteiger partial charge in [0.2, 0.25) is 0 Å². The van der Waals surface area contributed by atoms with E-state index >= 15 is 0 Å². The highest BCUT2D eigenvalue weighted by Crippen LogP contribution is 2.34. The van der Waals surface area contributed by atoms with Crippen molar-refractivity contribution in [3.05, 3.63) is 38.9 Å². The zero-order chi connectivity index (χ0) is 15.6. The number of halogens is 1. The molecular formula is C15H19ClN2O3. The number of benzene rings is 1. The van der Waals surface area contributed by atoms with Gasteiger partial charge in [0.05, 0.1) is 4.92 Å². The molecule has 1 saturated heterocycles. The summed E-state index contributed by atoms with van der Waals surface area (Å²) < 4.78 is 0. The Bertz CT molecular complexity index is 566. The van der Waals surface area contributed by atoms with E-state index in [9.17, 15) is 14.9 Å². The highest BCUT2D eigenvalue weighted by molar-refractivity contribution is 6.32.